The van der Waals surface area contributed by atoms with Crippen LogP contribution in [0, 0.1) is 11.8 Å². The topological polar surface area (TPSA) is 43.4 Å². The number of hydrogen-bond donors (Lipinski definition) is 0. The molecule has 0 aromatic heterocycles. The lowest BCUT2D eigenvalue weighted by molar-refractivity contribution is -0.150. The van der Waals surface area contributed by atoms with Gasteiger partial charge >= 0.3 is 5.97 Å². The van der Waals surface area contributed by atoms with E-state index in [9.17, 15) is 9.59 Å². The van der Waals surface area contributed by atoms with Gasteiger partial charge in [0.1, 0.15) is 5.92 Å². The van der Waals surface area contributed by atoms with Gasteiger partial charge in [-0.3, -0.25) is 9.59 Å². The lowest BCUT2D eigenvalue weighted by Crippen LogP contribution is -2.31. The first-order chi connectivity index (χ1) is 9.22. The molecule has 1 fully saturated rings. The van der Waals surface area contributed by atoms with Gasteiger partial charge in [0.05, 0.1) is 7.11 Å². The molecule has 19 heavy (non-hydrogen) atoms. The Labute approximate surface area is 114 Å². The van der Waals surface area contributed by atoms with Crippen LogP contribution < -0.4 is 0 Å². The highest BCUT2D eigenvalue weighted by Crippen LogP contribution is 2.29. The van der Waals surface area contributed by atoms with Crippen LogP contribution in [0.15, 0.2) is 30.3 Å². The minimum Gasteiger partial charge on any atom is -0.468 e. The van der Waals surface area contributed by atoms with Gasteiger partial charge in [0.2, 0.25) is 0 Å². The monoisotopic (exact) mass is 260 g/mol. The molecule has 0 radical (unpaired) electrons. The van der Waals surface area contributed by atoms with Crippen LogP contribution in [-0.4, -0.2) is 18.9 Å². The maximum absolute atomic E-state index is 12.4. The fourth-order valence-electron chi connectivity index (χ4n) is 2.79. The van der Waals surface area contributed by atoms with Gasteiger partial charge in [-0.25, -0.2) is 0 Å². The first-order valence-electron chi connectivity index (χ1n) is 6.88. The number of hydrogen-bond acceptors (Lipinski definition) is 3. The molecular weight excluding hydrogens is 240 g/mol. The van der Waals surface area contributed by atoms with Crippen molar-refractivity contribution in [2.24, 2.45) is 11.8 Å². The summed E-state index contributed by atoms with van der Waals surface area (Å²) in [5.74, 6) is -0.933. The molecule has 3 nitrogen and oxygen atoms in total. The van der Waals surface area contributed by atoms with Crippen molar-refractivity contribution in [1.29, 1.82) is 0 Å². The summed E-state index contributed by atoms with van der Waals surface area (Å²) in [5.41, 5.74) is 1.00. The van der Waals surface area contributed by atoms with Crippen LogP contribution in [0.1, 0.15) is 31.2 Å². The second-order valence-electron chi connectivity index (χ2n) is 5.15. The predicted molar refractivity (Wildman–Crippen MR) is 72.6 cm³/mol. The second-order valence-corrected chi connectivity index (χ2v) is 5.15. The summed E-state index contributed by atoms with van der Waals surface area (Å²) < 4.78 is 4.81. The van der Waals surface area contributed by atoms with E-state index < -0.39 is 11.9 Å². The molecule has 0 N–H and O–H groups in total. The fourth-order valence-corrected chi connectivity index (χ4v) is 2.79. The Morgan fingerprint density at radius 3 is 2.42 bits per heavy atom. The Morgan fingerprint density at radius 2 is 1.84 bits per heavy atom. The first-order valence-corrected chi connectivity index (χ1v) is 6.88. The number of esters is 1. The van der Waals surface area contributed by atoms with Crippen LogP contribution in [-0.2, 0) is 20.7 Å². The molecule has 3 heteroatoms. The Morgan fingerprint density at radius 1 is 1.21 bits per heavy atom. The summed E-state index contributed by atoms with van der Waals surface area (Å²) in [4.78, 5) is 24.3. The van der Waals surface area contributed by atoms with E-state index in [0.29, 0.717) is 6.42 Å². The third kappa shape index (κ3) is 3.43. The van der Waals surface area contributed by atoms with Gasteiger partial charge in [0.25, 0.3) is 0 Å². The van der Waals surface area contributed by atoms with Crippen LogP contribution >= 0.6 is 0 Å². The van der Waals surface area contributed by atoms with E-state index in [0.717, 1.165) is 31.2 Å². The van der Waals surface area contributed by atoms with Crippen molar-refractivity contribution in [3.63, 3.8) is 0 Å². The number of benzene rings is 1. The van der Waals surface area contributed by atoms with E-state index in [1.54, 1.807) is 0 Å². The van der Waals surface area contributed by atoms with E-state index >= 15 is 0 Å². The van der Waals surface area contributed by atoms with Gasteiger partial charge in [0, 0.05) is 5.92 Å². The summed E-state index contributed by atoms with van der Waals surface area (Å²) >= 11 is 0. The molecule has 1 unspecified atom stereocenters. The molecule has 0 aliphatic heterocycles. The van der Waals surface area contributed by atoms with Crippen molar-refractivity contribution in [3.8, 4) is 0 Å². The highest BCUT2D eigenvalue weighted by atomic mass is 16.5. The molecule has 0 spiro atoms. The molecular formula is C16H20O3. The maximum atomic E-state index is 12.4. The number of methoxy groups -OCH3 is 1. The predicted octanol–water partition coefficient (Wildman–Crippen LogP) is 2.78. The van der Waals surface area contributed by atoms with Gasteiger partial charge in [-0.2, -0.15) is 0 Å². The maximum Gasteiger partial charge on any atom is 0.316 e. The van der Waals surface area contributed by atoms with Crippen LogP contribution in [0.3, 0.4) is 0 Å². The zero-order valence-electron chi connectivity index (χ0n) is 11.3. The van der Waals surface area contributed by atoms with Gasteiger partial charge in [0.15, 0.2) is 5.78 Å². The second kappa shape index (κ2) is 6.50. The molecule has 1 aliphatic carbocycles. The first kappa shape index (κ1) is 13.8. The number of carbonyl (C=O) groups excluding carboxylic acids is 2. The normalized spacial score (nSPS) is 17.1. The Hall–Kier alpha value is -1.64. The highest BCUT2D eigenvalue weighted by Gasteiger charge is 2.34. The lowest BCUT2D eigenvalue weighted by atomic mass is 9.87. The number of ether oxygens (including phenoxy) is 1. The number of ketones is 1. The van der Waals surface area contributed by atoms with Gasteiger partial charge < -0.3 is 4.74 Å². The molecule has 0 amide bonds. The van der Waals surface area contributed by atoms with Gasteiger partial charge in [-0.05, 0) is 24.8 Å². The molecule has 0 bridgehead atoms. The molecule has 0 saturated heterocycles. The Bertz CT molecular complexity index is 433. The Balaban J connectivity index is 2.11. The third-order valence-corrected chi connectivity index (χ3v) is 3.87. The van der Waals surface area contributed by atoms with E-state index in [1.807, 2.05) is 30.3 Å². The van der Waals surface area contributed by atoms with Crippen molar-refractivity contribution < 1.29 is 14.3 Å². The molecule has 2 rings (SSSR count). The van der Waals surface area contributed by atoms with E-state index in [2.05, 4.69) is 0 Å². The average Bonchev–Trinajstić information content (AvgIpc) is 2.98. The molecule has 1 aromatic carbocycles. The average molecular weight is 260 g/mol. The number of Topliss-reactive ketones (excluding diaryl/α,β-unsaturated/α-hetero) is 1. The van der Waals surface area contributed by atoms with Crippen molar-refractivity contribution in [3.05, 3.63) is 35.9 Å². The number of rotatable bonds is 5. The zero-order valence-corrected chi connectivity index (χ0v) is 11.3. The third-order valence-electron chi connectivity index (χ3n) is 3.87. The fraction of sp³-hybridized carbons (Fsp3) is 0.500. The largest absolute Gasteiger partial charge is 0.468 e. The minimum atomic E-state index is -0.643. The van der Waals surface area contributed by atoms with Crippen LogP contribution in [0.4, 0.5) is 0 Å². The summed E-state index contributed by atoms with van der Waals surface area (Å²) in [6, 6.07) is 9.65. The highest BCUT2D eigenvalue weighted by molar-refractivity contribution is 6.00. The summed E-state index contributed by atoms with van der Waals surface area (Å²) in [6.07, 6.45) is 4.47. The van der Waals surface area contributed by atoms with Crippen molar-refractivity contribution >= 4 is 11.8 Å². The van der Waals surface area contributed by atoms with Crippen molar-refractivity contribution in [2.75, 3.05) is 7.11 Å². The quantitative estimate of drug-likeness (QED) is 0.604. The summed E-state index contributed by atoms with van der Waals surface area (Å²) in [5, 5.41) is 0. The van der Waals surface area contributed by atoms with E-state index in [-0.39, 0.29) is 11.7 Å². The molecule has 102 valence electrons. The van der Waals surface area contributed by atoms with E-state index in [1.165, 1.54) is 7.11 Å². The van der Waals surface area contributed by atoms with Crippen LogP contribution in [0.2, 0.25) is 0 Å². The zero-order chi connectivity index (χ0) is 13.7. The molecule has 1 saturated carbocycles. The summed E-state index contributed by atoms with van der Waals surface area (Å²) in [7, 11) is 1.35. The standard InChI is InChI=1S/C16H20O3/c1-19-16(18)14(11-12-7-3-2-4-8-12)15(17)13-9-5-6-10-13/h2-4,7-8,13-14H,5-6,9-11H2,1H3. The summed E-state index contributed by atoms with van der Waals surface area (Å²) in [6.45, 7) is 0. The van der Waals surface area contributed by atoms with Crippen LogP contribution in [0.25, 0.3) is 0 Å². The van der Waals surface area contributed by atoms with Crippen molar-refractivity contribution in [2.45, 2.75) is 32.1 Å². The van der Waals surface area contributed by atoms with Crippen molar-refractivity contribution in [1.82, 2.24) is 0 Å². The van der Waals surface area contributed by atoms with Gasteiger partial charge in [-0.15, -0.1) is 0 Å². The minimum absolute atomic E-state index is 0.0489. The van der Waals surface area contributed by atoms with Gasteiger partial charge in [-0.1, -0.05) is 43.2 Å². The number of carbonyl (C=O) groups is 2. The molecule has 1 aromatic rings. The molecule has 0 heterocycles. The Kier molecular flexibility index (Phi) is 4.72. The SMILES string of the molecule is COC(=O)C(Cc1ccccc1)C(=O)C1CCCC1. The van der Waals surface area contributed by atoms with Crippen LogP contribution in [0.5, 0.6) is 0 Å². The smallest absolute Gasteiger partial charge is 0.316 e. The molecule has 1 atom stereocenters. The van der Waals surface area contributed by atoms with E-state index in [4.69, 9.17) is 4.74 Å². The molecule has 1 aliphatic rings. The lowest BCUT2D eigenvalue weighted by Gasteiger charge is -2.17.